The van der Waals surface area contributed by atoms with E-state index in [2.05, 4.69) is 26.1 Å². The molecule has 0 aliphatic rings. The van der Waals surface area contributed by atoms with Crippen molar-refractivity contribution in [2.45, 2.75) is 59.1 Å². The van der Waals surface area contributed by atoms with Gasteiger partial charge >= 0.3 is 6.09 Å². The van der Waals surface area contributed by atoms with Crippen LogP contribution in [0.4, 0.5) is 4.79 Å². The average Bonchev–Trinajstić information content (AvgIpc) is 3.00. The number of rotatable bonds is 5. The Kier molecular flexibility index (Phi) is 6.14. The van der Waals surface area contributed by atoms with Crippen LogP contribution in [0.5, 0.6) is 0 Å². The van der Waals surface area contributed by atoms with Gasteiger partial charge in [-0.3, -0.25) is 4.79 Å². The number of amides is 1. The molecule has 0 atom stereocenters. The first-order chi connectivity index (χ1) is 12.5. The Balaban J connectivity index is 2.01. The van der Waals surface area contributed by atoms with E-state index >= 15 is 0 Å². The minimum atomic E-state index is -0.530. The zero-order chi connectivity index (χ0) is 20.2. The second kappa shape index (κ2) is 7.99. The van der Waals surface area contributed by atoms with Crippen LogP contribution in [0.15, 0.2) is 42.6 Å². The number of alkyl carbamates (subject to hydrolysis) is 1. The number of benzene rings is 1. The minimum Gasteiger partial charge on any atom is -0.444 e. The standard InChI is InChI=1S/C22H30N2O3/c1-21(2,3)17-11-9-16(10-12-17)19(25)18-8-7-14-24(18)15-13-23-20(26)27-22(4,5)6/h7-12,14H,13,15H2,1-6H3,(H,23,26). The van der Waals surface area contributed by atoms with Gasteiger partial charge in [0.25, 0.3) is 0 Å². The highest BCUT2D eigenvalue weighted by Crippen LogP contribution is 2.23. The molecule has 0 bridgehead atoms. The molecule has 1 aromatic carbocycles. The number of hydrogen-bond donors (Lipinski definition) is 1. The third-order valence-electron chi connectivity index (χ3n) is 4.10. The van der Waals surface area contributed by atoms with E-state index < -0.39 is 11.7 Å². The molecular formula is C22H30N2O3. The Labute approximate surface area is 161 Å². The molecule has 0 saturated carbocycles. The van der Waals surface area contributed by atoms with Gasteiger partial charge in [-0.25, -0.2) is 4.79 Å². The Morgan fingerprint density at radius 3 is 2.19 bits per heavy atom. The van der Waals surface area contributed by atoms with Crippen LogP contribution in [-0.4, -0.2) is 28.6 Å². The van der Waals surface area contributed by atoms with E-state index in [4.69, 9.17) is 4.74 Å². The highest BCUT2D eigenvalue weighted by Gasteiger charge is 2.18. The van der Waals surface area contributed by atoms with E-state index in [1.54, 1.807) is 6.07 Å². The van der Waals surface area contributed by atoms with Crippen molar-refractivity contribution < 1.29 is 14.3 Å². The maximum atomic E-state index is 12.8. The maximum Gasteiger partial charge on any atom is 0.407 e. The fourth-order valence-corrected chi connectivity index (χ4v) is 2.68. The zero-order valence-electron chi connectivity index (χ0n) is 17.1. The topological polar surface area (TPSA) is 60.3 Å². The van der Waals surface area contributed by atoms with Gasteiger partial charge in [0.1, 0.15) is 5.60 Å². The van der Waals surface area contributed by atoms with Crippen LogP contribution in [0.2, 0.25) is 0 Å². The normalized spacial score (nSPS) is 11.9. The van der Waals surface area contributed by atoms with Gasteiger partial charge in [0.2, 0.25) is 5.78 Å². The highest BCUT2D eigenvalue weighted by molar-refractivity contribution is 6.08. The lowest BCUT2D eigenvalue weighted by Crippen LogP contribution is -2.34. The molecule has 0 aliphatic carbocycles. The van der Waals surface area contributed by atoms with Crippen molar-refractivity contribution in [3.8, 4) is 0 Å². The van der Waals surface area contributed by atoms with Crippen molar-refractivity contribution in [1.29, 1.82) is 0 Å². The molecule has 146 valence electrons. The number of carbonyl (C=O) groups excluding carboxylic acids is 2. The van der Waals surface area contributed by atoms with Crippen molar-refractivity contribution in [3.63, 3.8) is 0 Å². The first-order valence-corrected chi connectivity index (χ1v) is 9.24. The summed E-state index contributed by atoms with van der Waals surface area (Å²) in [6.07, 6.45) is 1.38. The molecule has 5 nitrogen and oxygen atoms in total. The second-order valence-electron chi connectivity index (χ2n) is 8.67. The summed E-state index contributed by atoms with van der Waals surface area (Å²) in [5.41, 5.74) is 1.97. The molecule has 0 aliphatic heterocycles. The summed E-state index contributed by atoms with van der Waals surface area (Å²) in [4.78, 5) is 24.6. The Hall–Kier alpha value is -2.56. The van der Waals surface area contributed by atoms with Crippen LogP contribution in [0.1, 0.15) is 63.2 Å². The molecule has 0 saturated heterocycles. The van der Waals surface area contributed by atoms with Gasteiger partial charge in [0.05, 0.1) is 5.69 Å². The van der Waals surface area contributed by atoms with Gasteiger partial charge in [-0.1, -0.05) is 45.0 Å². The Morgan fingerprint density at radius 1 is 1.00 bits per heavy atom. The predicted molar refractivity (Wildman–Crippen MR) is 107 cm³/mol. The Bertz CT molecular complexity index is 790. The lowest BCUT2D eigenvalue weighted by molar-refractivity contribution is 0.0526. The van der Waals surface area contributed by atoms with Crippen LogP contribution in [-0.2, 0) is 16.7 Å². The molecule has 0 unspecified atom stereocenters. The van der Waals surface area contributed by atoms with E-state index in [0.29, 0.717) is 24.3 Å². The number of aromatic nitrogens is 1. The van der Waals surface area contributed by atoms with Crippen LogP contribution >= 0.6 is 0 Å². The SMILES string of the molecule is CC(C)(C)OC(=O)NCCn1cccc1C(=O)c1ccc(C(C)(C)C)cc1. The summed E-state index contributed by atoms with van der Waals surface area (Å²) in [5, 5.41) is 2.71. The molecule has 5 heteroatoms. The number of ether oxygens (including phenoxy) is 1. The van der Waals surface area contributed by atoms with Gasteiger partial charge in [0, 0.05) is 24.8 Å². The van der Waals surface area contributed by atoms with E-state index in [9.17, 15) is 9.59 Å². The first-order valence-electron chi connectivity index (χ1n) is 9.24. The lowest BCUT2D eigenvalue weighted by Gasteiger charge is -2.20. The summed E-state index contributed by atoms with van der Waals surface area (Å²) in [5.74, 6) is -0.0299. The predicted octanol–water partition coefficient (Wildman–Crippen LogP) is 4.54. The fourth-order valence-electron chi connectivity index (χ4n) is 2.68. The monoisotopic (exact) mass is 370 g/mol. The first kappa shape index (κ1) is 20.7. The lowest BCUT2D eigenvalue weighted by atomic mass is 9.86. The minimum absolute atomic E-state index is 0.0299. The second-order valence-corrected chi connectivity index (χ2v) is 8.67. The van der Waals surface area contributed by atoms with E-state index in [1.807, 2.05) is 61.9 Å². The summed E-state index contributed by atoms with van der Waals surface area (Å²) in [6.45, 7) is 12.8. The molecule has 2 rings (SSSR count). The molecule has 27 heavy (non-hydrogen) atoms. The Morgan fingerprint density at radius 2 is 1.63 bits per heavy atom. The summed E-state index contributed by atoms with van der Waals surface area (Å²) >= 11 is 0. The van der Waals surface area contributed by atoms with Gasteiger partial charge in [-0.15, -0.1) is 0 Å². The van der Waals surface area contributed by atoms with Gasteiger partial charge in [0.15, 0.2) is 0 Å². The van der Waals surface area contributed by atoms with Crippen molar-refractivity contribution in [2.24, 2.45) is 0 Å². The van der Waals surface area contributed by atoms with Crippen molar-refractivity contribution >= 4 is 11.9 Å². The van der Waals surface area contributed by atoms with Crippen LogP contribution in [0.3, 0.4) is 0 Å². The van der Waals surface area contributed by atoms with Gasteiger partial charge in [-0.05, 0) is 43.9 Å². The zero-order valence-corrected chi connectivity index (χ0v) is 17.1. The maximum absolute atomic E-state index is 12.8. The number of hydrogen-bond acceptors (Lipinski definition) is 3. The molecule has 2 aromatic rings. The molecule has 1 amide bonds. The smallest absolute Gasteiger partial charge is 0.407 e. The van der Waals surface area contributed by atoms with E-state index in [-0.39, 0.29) is 11.2 Å². The van der Waals surface area contributed by atoms with E-state index in [0.717, 1.165) is 0 Å². The van der Waals surface area contributed by atoms with Crippen molar-refractivity contribution in [3.05, 3.63) is 59.4 Å². The third-order valence-corrected chi connectivity index (χ3v) is 4.10. The van der Waals surface area contributed by atoms with E-state index in [1.165, 1.54) is 5.56 Å². The molecule has 1 heterocycles. The number of nitrogens with one attached hydrogen (secondary N) is 1. The summed E-state index contributed by atoms with van der Waals surface area (Å²) in [7, 11) is 0. The number of carbonyl (C=O) groups is 2. The molecule has 0 fully saturated rings. The highest BCUT2D eigenvalue weighted by atomic mass is 16.6. The van der Waals surface area contributed by atoms with Crippen LogP contribution in [0, 0.1) is 0 Å². The molecular weight excluding hydrogens is 340 g/mol. The quantitative estimate of drug-likeness (QED) is 0.786. The van der Waals surface area contributed by atoms with Gasteiger partial charge < -0.3 is 14.6 Å². The molecule has 1 aromatic heterocycles. The molecule has 0 spiro atoms. The molecule has 0 radical (unpaired) electrons. The number of ketones is 1. The summed E-state index contributed by atoms with van der Waals surface area (Å²) < 4.78 is 7.06. The van der Waals surface area contributed by atoms with Crippen molar-refractivity contribution in [1.82, 2.24) is 9.88 Å². The fraction of sp³-hybridized carbons (Fsp3) is 0.455. The average molecular weight is 370 g/mol. The van der Waals surface area contributed by atoms with Crippen LogP contribution < -0.4 is 5.32 Å². The van der Waals surface area contributed by atoms with Gasteiger partial charge in [-0.2, -0.15) is 0 Å². The third kappa shape index (κ3) is 5.98. The number of nitrogens with zero attached hydrogens (tertiary/aromatic N) is 1. The molecule has 1 N–H and O–H groups in total. The van der Waals surface area contributed by atoms with Crippen molar-refractivity contribution in [2.75, 3.05) is 6.54 Å². The largest absolute Gasteiger partial charge is 0.444 e. The van der Waals surface area contributed by atoms with Crippen LogP contribution in [0.25, 0.3) is 0 Å². The summed E-state index contributed by atoms with van der Waals surface area (Å²) in [6, 6.07) is 11.4.